The van der Waals surface area contributed by atoms with E-state index in [1.807, 2.05) is 6.92 Å². The molecule has 0 spiro atoms. The molecule has 0 aromatic heterocycles. The van der Waals surface area contributed by atoms with Crippen molar-refractivity contribution in [1.82, 2.24) is 10.2 Å². The van der Waals surface area contributed by atoms with E-state index in [2.05, 4.69) is 10.2 Å². The molecule has 1 N–H and O–H groups in total. The average molecular weight is 318 g/mol. The number of nitrogens with zero attached hydrogens (tertiary/aromatic N) is 1. The molecule has 1 aromatic rings. The summed E-state index contributed by atoms with van der Waals surface area (Å²) >= 11 is 0. The number of hydrogen-bond donors (Lipinski definition) is 1. The number of alkyl halides is 3. The van der Waals surface area contributed by atoms with Gasteiger partial charge in [-0.3, -0.25) is 4.90 Å². The molecule has 2 nitrogen and oxygen atoms in total. The Bertz CT molecular complexity index is 482. The Hall–Kier alpha value is -1.14. The van der Waals surface area contributed by atoms with Crippen LogP contribution in [0.3, 0.4) is 0 Å². The van der Waals surface area contributed by atoms with Gasteiger partial charge in [0.05, 0.1) is 5.56 Å². The van der Waals surface area contributed by atoms with E-state index < -0.39 is 17.6 Å². The molecular weight excluding hydrogens is 296 g/mol. The minimum atomic E-state index is -4.52. The van der Waals surface area contributed by atoms with Crippen molar-refractivity contribution in [2.45, 2.75) is 38.4 Å². The maximum absolute atomic E-state index is 13.7. The highest BCUT2D eigenvalue weighted by Gasteiger charge is 2.32. The third kappa shape index (κ3) is 4.43. The molecule has 0 bridgehead atoms. The minimum absolute atomic E-state index is 0.154. The topological polar surface area (TPSA) is 15.3 Å². The second-order valence-corrected chi connectivity index (χ2v) is 5.71. The van der Waals surface area contributed by atoms with Crippen LogP contribution in [-0.2, 0) is 6.18 Å². The molecule has 1 saturated heterocycles. The van der Waals surface area contributed by atoms with E-state index in [4.69, 9.17) is 0 Å². The summed E-state index contributed by atoms with van der Waals surface area (Å²) in [4.78, 5) is 2.15. The number of hydrogen-bond acceptors (Lipinski definition) is 2. The number of benzene rings is 1. The lowest BCUT2D eigenvalue weighted by Crippen LogP contribution is -2.45. The SMILES string of the molecule is CCCC[C@H](c1cc(F)cc(C(F)(F)F)c1)N1CCNCC1. The lowest BCUT2D eigenvalue weighted by molar-refractivity contribution is -0.137. The highest BCUT2D eigenvalue weighted by Crippen LogP contribution is 2.34. The van der Waals surface area contributed by atoms with Gasteiger partial charge in [-0.2, -0.15) is 13.2 Å². The summed E-state index contributed by atoms with van der Waals surface area (Å²) in [5.74, 6) is -0.818. The number of unbranched alkanes of at least 4 members (excludes halogenated alkanes) is 1. The Morgan fingerprint density at radius 2 is 1.86 bits per heavy atom. The summed E-state index contributed by atoms with van der Waals surface area (Å²) in [7, 11) is 0. The molecule has 0 amide bonds. The van der Waals surface area contributed by atoms with Crippen LogP contribution in [0.25, 0.3) is 0 Å². The molecule has 22 heavy (non-hydrogen) atoms. The van der Waals surface area contributed by atoms with Crippen LogP contribution in [0.5, 0.6) is 0 Å². The number of halogens is 4. The van der Waals surface area contributed by atoms with E-state index in [-0.39, 0.29) is 6.04 Å². The van der Waals surface area contributed by atoms with E-state index in [0.717, 1.165) is 51.5 Å². The fraction of sp³-hybridized carbons (Fsp3) is 0.625. The summed E-state index contributed by atoms with van der Waals surface area (Å²) in [6.45, 7) is 5.20. The van der Waals surface area contributed by atoms with Crippen LogP contribution in [0.15, 0.2) is 18.2 Å². The second-order valence-electron chi connectivity index (χ2n) is 5.71. The van der Waals surface area contributed by atoms with E-state index in [1.165, 1.54) is 6.07 Å². The first-order valence-corrected chi connectivity index (χ1v) is 7.74. The van der Waals surface area contributed by atoms with Crippen molar-refractivity contribution in [2.24, 2.45) is 0 Å². The fourth-order valence-electron chi connectivity index (χ4n) is 2.92. The van der Waals surface area contributed by atoms with Crippen molar-refractivity contribution in [3.05, 3.63) is 35.1 Å². The first-order valence-electron chi connectivity index (χ1n) is 7.74. The first-order chi connectivity index (χ1) is 10.4. The largest absolute Gasteiger partial charge is 0.416 e. The Morgan fingerprint density at radius 1 is 1.18 bits per heavy atom. The Kier molecular flexibility index (Phi) is 5.81. The zero-order chi connectivity index (χ0) is 16.2. The van der Waals surface area contributed by atoms with Gasteiger partial charge in [-0.15, -0.1) is 0 Å². The van der Waals surface area contributed by atoms with Crippen molar-refractivity contribution in [1.29, 1.82) is 0 Å². The van der Waals surface area contributed by atoms with Crippen molar-refractivity contribution in [3.8, 4) is 0 Å². The first kappa shape index (κ1) is 17.2. The second kappa shape index (κ2) is 7.42. The van der Waals surface area contributed by atoms with Crippen LogP contribution in [0, 0.1) is 5.82 Å². The Labute approximate surface area is 128 Å². The molecule has 1 aliphatic heterocycles. The lowest BCUT2D eigenvalue weighted by atomic mass is 9.96. The normalized spacial score (nSPS) is 18.4. The third-order valence-electron chi connectivity index (χ3n) is 4.06. The lowest BCUT2D eigenvalue weighted by Gasteiger charge is -2.35. The van der Waals surface area contributed by atoms with Gasteiger partial charge in [-0.05, 0) is 30.2 Å². The molecule has 0 aliphatic carbocycles. The van der Waals surface area contributed by atoms with Gasteiger partial charge in [0.15, 0.2) is 0 Å². The molecular formula is C16H22F4N2. The summed E-state index contributed by atoms with van der Waals surface area (Å²) in [6.07, 6.45) is -1.90. The van der Waals surface area contributed by atoms with E-state index in [1.54, 1.807) is 0 Å². The van der Waals surface area contributed by atoms with Crippen LogP contribution in [0.4, 0.5) is 17.6 Å². The number of rotatable bonds is 5. The Balaban J connectivity index is 2.31. The van der Waals surface area contributed by atoms with Crippen LogP contribution < -0.4 is 5.32 Å². The molecule has 2 rings (SSSR count). The van der Waals surface area contributed by atoms with Crippen LogP contribution >= 0.6 is 0 Å². The van der Waals surface area contributed by atoms with E-state index in [0.29, 0.717) is 11.6 Å². The number of nitrogens with one attached hydrogen (secondary N) is 1. The van der Waals surface area contributed by atoms with Gasteiger partial charge in [0.2, 0.25) is 0 Å². The molecule has 1 fully saturated rings. The molecule has 0 radical (unpaired) electrons. The zero-order valence-corrected chi connectivity index (χ0v) is 12.7. The minimum Gasteiger partial charge on any atom is -0.314 e. The fourth-order valence-corrected chi connectivity index (χ4v) is 2.92. The molecule has 6 heteroatoms. The van der Waals surface area contributed by atoms with Gasteiger partial charge in [0.1, 0.15) is 5.82 Å². The van der Waals surface area contributed by atoms with Crippen molar-refractivity contribution in [2.75, 3.05) is 26.2 Å². The Morgan fingerprint density at radius 3 is 2.45 bits per heavy atom. The van der Waals surface area contributed by atoms with Gasteiger partial charge in [-0.1, -0.05) is 19.8 Å². The predicted octanol–water partition coefficient (Wildman–Crippen LogP) is 3.98. The molecule has 1 aliphatic rings. The maximum Gasteiger partial charge on any atom is 0.416 e. The zero-order valence-electron chi connectivity index (χ0n) is 12.7. The van der Waals surface area contributed by atoms with Gasteiger partial charge in [0.25, 0.3) is 0 Å². The van der Waals surface area contributed by atoms with Gasteiger partial charge in [0, 0.05) is 32.2 Å². The van der Waals surface area contributed by atoms with Gasteiger partial charge >= 0.3 is 6.18 Å². The average Bonchev–Trinajstić information content (AvgIpc) is 2.47. The van der Waals surface area contributed by atoms with Crippen molar-refractivity contribution < 1.29 is 17.6 Å². The summed E-state index contributed by atoms with van der Waals surface area (Å²) in [5, 5.41) is 3.23. The maximum atomic E-state index is 13.7. The summed E-state index contributed by atoms with van der Waals surface area (Å²) in [5.41, 5.74) is -0.471. The monoisotopic (exact) mass is 318 g/mol. The standard InChI is InChI=1S/C16H22F4N2/c1-2-3-4-15(22-7-5-21-6-8-22)12-9-13(16(18,19)20)11-14(17)10-12/h9-11,15,21H,2-8H2,1H3/t15-/m1/s1. The van der Waals surface area contributed by atoms with Crippen LogP contribution in [0.1, 0.15) is 43.4 Å². The smallest absolute Gasteiger partial charge is 0.314 e. The van der Waals surface area contributed by atoms with E-state index >= 15 is 0 Å². The van der Waals surface area contributed by atoms with Gasteiger partial charge in [-0.25, -0.2) is 4.39 Å². The summed E-state index contributed by atoms with van der Waals surface area (Å²) in [6, 6.07) is 2.76. The quantitative estimate of drug-likeness (QED) is 0.826. The molecule has 1 atom stereocenters. The molecule has 124 valence electrons. The number of piperazine rings is 1. The van der Waals surface area contributed by atoms with Crippen LogP contribution in [-0.4, -0.2) is 31.1 Å². The highest BCUT2D eigenvalue weighted by molar-refractivity contribution is 5.29. The van der Waals surface area contributed by atoms with Crippen molar-refractivity contribution in [3.63, 3.8) is 0 Å². The third-order valence-corrected chi connectivity index (χ3v) is 4.06. The van der Waals surface area contributed by atoms with E-state index in [9.17, 15) is 17.6 Å². The highest BCUT2D eigenvalue weighted by atomic mass is 19.4. The molecule has 0 saturated carbocycles. The molecule has 1 heterocycles. The molecule has 1 aromatic carbocycles. The van der Waals surface area contributed by atoms with Crippen LogP contribution in [0.2, 0.25) is 0 Å². The summed E-state index contributed by atoms with van der Waals surface area (Å²) < 4.78 is 52.4. The predicted molar refractivity (Wildman–Crippen MR) is 78.1 cm³/mol. The van der Waals surface area contributed by atoms with Gasteiger partial charge < -0.3 is 5.32 Å². The van der Waals surface area contributed by atoms with Crippen molar-refractivity contribution >= 4 is 0 Å². The molecule has 0 unspecified atom stereocenters.